The van der Waals surface area contributed by atoms with Crippen LogP contribution in [0.3, 0.4) is 0 Å². The van der Waals surface area contributed by atoms with Crippen molar-refractivity contribution in [2.75, 3.05) is 4.43 Å². The van der Waals surface area contributed by atoms with E-state index in [0.717, 1.165) is 0 Å². The van der Waals surface area contributed by atoms with Crippen molar-refractivity contribution >= 4 is 24.7 Å². The summed E-state index contributed by atoms with van der Waals surface area (Å²) < 4.78 is 3.82. The Morgan fingerprint density at radius 3 is 2.43 bits per heavy atom. The molecule has 0 bridgehead atoms. The van der Waals surface area contributed by atoms with Crippen molar-refractivity contribution in [1.82, 2.24) is 0 Å². The van der Waals surface area contributed by atoms with Crippen molar-refractivity contribution in [3.8, 4) is 0 Å². The summed E-state index contributed by atoms with van der Waals surface area (Å²) in [5.41, 5.74) is 3.17. The van der Waals surface area contributed by atoms with Crippen molar-refractivity contribution in [1.29, 1.82) is 0 Å². The van der Waals surface area contributed by atoms with Crippen molar-refractivity contribution in [3.05, 3.63) is 11.1 Å². The van der Waals surface area contributed by atoms with Gasteiger partial charge in [-0.05, 0) is 23.4 Å². The largest absolute Gasteiger partial charge is 0.118 e. The number of hydrogen-bond donors (Lipinski definition) is 0. The Bertz CT molecular complexity index is 131. The molecule has 1 heterocycles. The summed E-state index contributed by atoms with van der Waals surface area (Å²) in [5.74, 6) is 0. The first kappa shape index (κ1) is 5.48. The third-order valence-electron chi connectivity index (χ3n) is 1.19. The summed E-state index contributed by atoms with van der Waals surface area (Å²) in [6, 6.07) is 0. The highest BCUT2D eigenvalue weighted by Crippen LogP contribution is 2.17. The zero-order valence-corrected chi connectivity index (χ0v) is 6.82. The first-order valence-electron chi connectivity index (χ1n) is 2.38. The van der Waals surface area contributed by atoms with Crippen LogP contribution in [0.15, 0.2) is 11.1 Å². The Hall–Kier alpha value is 0.340. The minimum Gasteiger partial charge on any atom is -0.118 e. The molecule has 0 aromatic carbocycles. The van der Waals surface area contributed by atoms with E-state index in [0.29, 0.717) is 20.7 Å². The van der Waals surface area contributed by atoms with Gasteiger partial charge in [-0.25, -0.2) is 0 Å². The molecule has 0 unspecified atom stereocenters. The topological polar surface area (TPSA) is 0 Å². The molecule has 0 spiro atoms. The van der Waals surface area contributed by atoms with Crippen LogP contribution < -0.4 is 0 Å². The molecule has 0 aliphatic carbocycles. The first-order valence-corrected chi connectivity index (χ1v) is 5.15. The molecule has 7 heavy (non-hydrogen) atoms. The molecule has 1 aliphatic rings. The van der Waals surface area contributed by atoms with E-state index < -0.39 is 0 Å². The first-order chi connectivity index (χ1) is 3.30. The molecule has 0 atom stereocenters. The molecule has 0 saturated heterocycles. The number of rotatable bonds is 0. The highest BCUT2D eigenvalue weighted by molar-refractivity contribution is 14.2. The van der Waals surface area contributed by atoms with E-state index in [9.17, 15) is 0 Å². The van der Waals surface area contributed by atoms with Gasteiger partial charge < -0.3 is 0 Å². The zero-order valence-electron chi connectivity index (χ0n) is 4.66. The van der Waals surface area contributed by atoms with Crippen molar-refractivity contribution in [2.24, 2.45) is 0 Å². The summed E-state index contributed by atoms with van der Waals surface area (Å²) in [6.45, 7) is 4.45. The van der Waals surface area contributed by atoms with E-state index in [1.807, 2.05) is 0 Å². The normalized spacial score (nSPS) is 20.3. The summed E-state index contributed by atoms with van der Waals surface area (Å²) in [7, 11) is 0. The number of hydrogen-bond acceptors (Lipinski definition) is 0. The van der Waals surface area contributed by atoms with Gasteiger partial charge in [-0.3, -0.25) is 0 Å². The van der Waals surface area contributed by atoms with Gasteiger partial charge in [0.1, 0.15) is 0 Å². The Labute approximate surface area is 54.4 Å². The van der Waals surface area contributed by atoms with Crippen molar-refractivity contribution in [3.63, 3.8) is 0 Å². The molecule has 0 aromatic heterocycles. The van der Waals surface area contributed by atoms with Gasteiger partial charge in [0.2, 0.25) is 0 Å². The fourth-order valence-electron chi connectivity index (χ4n) is 0.469. The highest BCUT2D eigenvalue weighted by Gasteiger charge is 1.96. The maximum atomic E-state index is 2.41. The van der Waals surface area contributed by atoms with Gasteiger partial charge in [0.15, 0.2) is 0 Å². The second-order valence-electron chi connectivity index (χ2n) is 1.86. The predicted octanol–water partition coefficient (Wildman–Crippen LogP) is 2.11. The van der Waals surface area contributed by atoms with Crippen molar-refractivity contribution in [2.45, 2.75) is 13.8 Å². The predicted molar refractivity (Wildman–Crippen MR) is 43.3 cm³/mol. The number of halogens is 1. The van der Waals surface area contributed by atoms with Crippen LogP contribution in [0.1, 0.15) is 13.8 Å². The van der Waals surface area contributed by atoms with Gasteiger partial charge in [-0.15, -0.1) is 20.7 Å². The minimum absolute atomic E-state index is 0.463. The Morgan fingerprint density at radius 2 is 2.29 bits per heavy atom. The maximum Gasteiger partial charge on any atom is 0.0161 e. The molecule has 0 fully saturated rings. The lowest BCUT2D eigenvalue weighted by atomic mass is 10.2. The van der Waals surface area contributed by atoms with Crippen LogP contribution in [0, 0.1) is 0 Å². The van der Waals surface area contributed by atoms with E-state index >= 15 is 0 Å². The smallest absolute Gasteiger partial charge is 0.0161 e. The molecular formula is C6H9I. The second kappa shape index (κ2) is 2.07. The standard InChI is InChI=1S/C6H9I/c1-5-3-7-4-6(5)2/h3H,4H2,1-2H3. The average molecular weight is 208 g/mol. The van der Waals surface area contributed by atoms with Gasteiger partial charge in [-0.1, -0.05) is 5.57 Å². The molecule has 0 N–H and O–H groups in total. The van der Waals surface area contributed by atoms with E-state index in [1.165, 1.54) is 4.43 Å². The molecule has 0 saturated carbocycles. The fraction of sp³-hybridized carbons (Fsp3) is 0.500. The Morgan fingerprint density at radius 1 is 1.57 bits per heavy atom. The van der Waals surface area contributed by atoms with Gasteiger partial charge in [0.25, 0.3) is 0 Å². The van der Waals surface area contributed by atoms with Gasteiger partial charge in [-0.2, -0.15) is 0 Å². The lowest BCUT2D eigenvalue weighted by Crippen LogP contribution is -1.75. The fourth-order valence-corrected chi connectivity index (χ4v) is 3.14. The summed E-state index contributed by atoms with van der Waals surface area (Å²) in [6.07, 6.45) is 0. The Balaban J connectivity index is 2.79. The summed E-state index contributed by atoms with van der Waals surface area (Å²) >= 11 is 0.463. The Kier molecular flexibility index (Phi) is 1.62. The van der Waals surface area contributed by atoms with E-state index in [-0.39, 0.29) is 0 Å². The molecule has 0 radical (unpaired) electrons. The highest BCUT2D eigenvalue weighted by atomic mass is 127. The third-order valence-corrected chi connectivity index (χ3v) is 4.15. The van der Waals surface area contributed by atoms with Crippen LogP contribution >= 0.6 is 20.7 Å². The zero-order chi connectivity index (χ0) is 5.28. The number of allylic oxidation sites excluding steroid dienone is 2. The van der Waals surface area contributed by atoms with Gasteiger partial charge in [0.05, 0.1) is 0 Å². The van der Waals surface area contributed by atoms with E-state index in [4.69, 9.17) is 0 Å². The molecule has 1 heteroatoms. The molecule has 0 nitrogen and oxygen atoms in total. The number of alkyl halides is 1. The van der Waals surface area contributed by atoms with Crippen molar-refractivity contribution < 1.29 is 0 Å². The molecule has 0 amide bonds. The monoisotopic (exact) mass is 208 g/mol. The quantitative estimate of drug-likeness (QED) is 0.422. The molecule has 1 rings (SSSR count). The maximum absolute atomic E-state index is 2.41. The van der Waals surface area contributed by atoms with Crippen LogP contribution in [-0.2, 0) is 0 Å². The van der Waals surface area contributed by atoms with Gasteiger partial charge >= 0.3 is 0 Å². The van der Waals surface area contributed by atoms with Crippen LogP contribution in [-0.4, -0.2) is 8.44 Å². The lowest BCUT2D eigenvalue weighted by molar-refractivity contribution is 1.37. The third kappa shape index (κ3) is 1.12. The molecule has 1 aliphatic heterocycles. The van der Waals surface area contributed by atoms with Crippen LogP contribution in [0.5, 0.6) is 0 Å². The van der Waals surface area contributed by atoms with Crippen LogP contribution in [0.25, 0.3) is 0 Å². The summed E-state index contributed by atoms with van der Waals surface area (Å²) in [4.78, 5) is 0. The molecular weight excluding hydrogens is 199 g/mol. The van der Waals surface area contributed by atoms with E-state index in [2.05, 4.69) is 17.9 Å². The van der Waals surface area contributed by atoms with Gasteiger partial charge in [0, 0.05) is 4.43 Å². The SMILES string of the molecule is CC1=C(C)CI=C1. The second-order valence-corrected chi connectivity index (χ2v) is 4.13. The van der Waals surface area contributed by atoms with Crippen LogP contribution in [0.4, 0.5) is 0 Å². The summed E-state index contributed by atoms with van der Waals surface area (Å²) in [5, 5.41) is 0. The molecule has 0 aromatic rings. The molecule has 40 valence electrons. The van der Waals surface area contributed by atoms with Crippen LogP contribution in [0.2, 0.25) is 0 Å². The average Bonchev–Trinajstić information content (AvgIpc) is 1.91. The van der Waals surface area contributed by atoms with E-state index in [1.54, 1.807) is 11.1 Å². The minimum atomic E-state index is 0.463. The lowest BCUT2D eigenvalue weighted by Gasteiger charge is -1.86.